The van der Waals surface area contributed by atoms with E-state index in [1.54, 1.807) is 11.8 Å². The van der Waals surface area contributed by atoms with Crippen molar-refractivity contribution in [2.24, 2.45) is 5.73 Å². The number of carbonyl (C=O) groups excluding carboxylic acids is 2. The van der Waals surface area contributed by atoms with Gasteiger partial charge in [0.15, 0.2) is 0 Å². The molecule has 5 nitrogen and oxygen atoms in total. The first-order valence-corrected chi connectivity index (χ1v) is 4.89. The normalized spacial score (nSPS) is 10.4. The molecule has 0 aromatic rings. The number of rotatable bonds is 4. The second kappa shape index (κ2) is 11.2. The van der Waals surface area contributed by atoms with E-state index >= 15 is 0 Å². The predicted octanol–water partition coefficient (Wildman–Crippen LogP) is 0.141. The Hall–Kier alpha value is -0.840. The molecule has 6 heteroatoms. The van der Waals surface area contributed by atoms with E-state index in [9.17, 15) is 4.79 Å². The molecule has 0 amide bonds. The van der Waals surface area contributed by atoms with Gasteiger partial charge in [0.1, 0.15) is 6.04 Å². The molecular weight excluding hydrogens is 192 g/mol. The minimum atomic E-state index is -0.447. The third kappa shape index (κ3) is 11.2. The van der Waals surface area contributed by atoms with Gasteiger partial charge >= 0.3 is 5.97 Å². The van der Waals surface area contributed by atoms with Crippen LogP contribution in [0.3, 0.4) is 0 Å². The van der Waals surface area contributed by atoms with E-state index in [0.717, 1.165) is 11.8 Å². The van der Waals surface area contributed by atoms with Crippen molar-refractivity contribution >= 4 is 23.8 Å². The molecule has 0 aliphatic heterocycles. The van der Waals surface area contributed by atoms with Gasteiger partial charge in [-0.3, -0.25) is 4.79 Å². The minimum absolute atomic E-state index is 0.325. The lowest BCUT2D eigenvalue weighted by Crippen LogP contribution is -2.31. The highest BCUT2D eigenvalue weighted by molar-refractivity contribution is 7.98. The van der Waals surface area contributed by atoms with Gasteiger partial charge in [-0.25, -0.2) is 10.2 Å². The topological polar surface area (TPSA) is 93.2 Å². The first kappa shape index (κ1) is 14.7. The molecule has 76 valence electrons. The third-order valence-electron chi connectivity index (χ3n) is 1.14. The molecule has 0 bridgehead atoms. The van der Waals surface area contributed by atoms with Crippen molar-refractivity contribution in [3.05, 3.63) is 0 Å². The van der Waals surface area contributed by atoms with Gasteiger partial charge in [-0.1, -0.05) is 0 Å². The fourth-order valence-electron chi connectivity index (χ4n) is 0.514. The Kier molecular flexibility index (Phi) is 12.6. The molecular formula is C7H14N2O3S. The average Bonchev–Trinajstić information content (AvgIpc) is 2.14. The summed E-state index contributed by atoms with van der Waals surface area (Å²) < 4.78 is 4.44. The van der Waals surface area contributed by atoms with E-state index in [4.69, 9.17) is 15.9 Å². The van der Waals surface area contributed by atoms with Gasteiger partial charge in [0.05, 0.1) is 7.11 Å². The molecule has 1 atom stereocenters. The predicted molar refractivity (Wildman–Crippen MR) is 51.4 cm³/mol. The van der Waals surface area contributed by atoms with Crippen molar-refractivity contribution in [1.82, 2.24) is 0 Å². The van der Waals surface area contributed by atoms with Crippen molar-refractivity contribution in [2.45, 2.75) is 12.5 Å². The zero-order valence-electron chi connectivity index (χ0n) is 7.70. The summed E-state index contributed by atoms with van der Waals surface area (Å²) in [6.07, 6.45) is 3.41. The van der Waals surface area contributed by atoms with E-state index in [2.05, 4.69) is 4.74 Å². The second-order valence-corrected chi connectivity index (χ2v) is 3.00. The molecule has 0 aromatic heterocycles. The van der Waals surface area contributed by atoms with Crippen LogP contribution < -0.4 is 5.73 Å². The van der Waals surface area contributed by atoms with Crippen LogP contribution in [0, 0.1) is 5.41 Å². The van der Waals surface area contributed by atoms with E-state index in [-0.39, 0.29) is 5.97 Å². The molecule has 0 aromatic carbocycles. The SMILES string of the molecule is COC(=O)[C@@H](N)CCSC.N=C=O. The zero-order chi connectivity index (χ0) is 10.7. The lowest BCUT2D eigenvalue weighted by molar-refractivity contribution is -0.142. The van der Waals surface area contributed by atoms with Crippen molar-refractivity contribution in [2.75, 3.05) is 19.1 Å². The van der Waals surface area contributed by atoms with Crippen molar-refractivity contribution in [1.29, 1.82) is 5.41 Å². The Balaban J connectivity index is 0. The summed E-state index contributed by atoms with van der Waals surface area (Å²) in [5.74, 6) is 0.574. The van der Waals surface area contributed by atoms with Gasteiger partial charge in [-0.2, -0.15) is 11.8 Å². The summed E-state index contributed by atoms with van der Waals surface area (Å²) >= 11 is 1.67. The third-order valence-corrected chi connectivity index (χ3v) is 1.78. The number of esters is 1. The second-order valence-electron chi connectivity index (χ2n) is 2.01. The summed E-state index contributed by atoms with van der Waals surface area (Å²) in [6, 6.07) is -0.447. The van der Waals surface area contributed by atoms with Gasteiger partial charge in [0.25, 0.3) is 0 Å². The van der Waals surface area contributed by atoms with Crippen LogP contribution in [0.25, 0.3) is 0 Å². The maximum Gasteiger partial charge on any atom is 0.322 e. The summed E-state index contributed by atoms with van der Waals surface area (Å²) in [5.41, 5.74) is 5.43. The molecule has 0 spiro atoms. The number of carbonyl (C=O) groups is 1. The van der Waals surface area contributed by atoms with Crippen LogP contribution in [-0.2, 0) is 14.3 Å². The van der Waals surface area contributed by atoms with Crippen LogP contribution in [0.4, 0.5) is 0 Å². The Morgan fingerprint density at radius 1 is 1.77 bits per heavy atom. The van der Waals surface area contributed by atoms with Gasteiger partial charge in [0, 0.05) is 0 Å². The molecule has 0 saturated heterocycles. The molecule has 0 saturated carbocycles. The minimum Gasteiger partial charge on any atom is -0.468 e. The van der Waals surface area contributed by atoms with Crippen molar-refractivity contribution < 1.29 is 14.3 Å². The lowest BCUT2D eigenvalue weighted by Gasteiger charge is -2.06. The van der Waals surface area contributed by atoms with Gasteiger partial charge in [-0.05, 0) is 18.4 Å². The first-order valence-electron chi connectivity index (χ1n) is 3.50. The molecule has 0 rings (SSSR count). The summed E-state index contributed by atoms with van der Waals surface area (Å²) in [4.78, 5) is 19.0. The Labute approximate surface area is 81.5 Å². The number of hydrogen-bond donors (Lipinski definition) is 2. The van der Waals surface area contributed by atoms with E-state index in [1.165, 1.54) is 7.11 Å². The summed E-state index contributed by atoms with van der Waals surface area (Å²) in [6.45, 7) is 0. The van der Waals surface area contributed by atoms with Gasteiger partial charge in [0.2, 0.25) is 6.08 Å². The maximum absolute atomic E-state index is 10.7. The highest BCUT2D eigenvalue weighted by Gasteiger charge is 2.11. The molecule has 0 unspecified atom stereocenters. The van der Waals surface area contributed by atoms with Crippen LogP contribution in [0.15, 0.2) is 0 Å². The number of methoxy groups -OCH3 is 1. The molecule has 3 N–H and O–H groups in total. The number of nitrogens with two attached hydrogens (primary N) is 1. The quantitative estimate of drug-likeness (QED) is 0.388. The molecule has 0 aliphatic rings. The van der Waals surface area contributed by atoms with Gasteiger partial charge in [-0.15, -0.1) is 0 Å². The summed E-state index contributed by atoms with van der Waals surface area (Å²) in [7, 11) is 1.35. The van der Waals surface area contributed by atoms with Crippen LogP contribution in [0.5, 0.6) is 0 Å². The highest BCUT2D eigenvalue weighted by atomic mass is 32.2. The Morgan fingerprint density at radius 2 is 2.23 bits per heavy atom. The largest absolute Gasteiger partial charge is 0.468 e. The Bertz CT molecular complexity index is 169. The molecule has 0 heterocycles. The smallest absolute Gasteiger partial charge is 0.322 e. The molecule has 0 radical (unpaired) electrons. The first-order chi connectivity index (χ1) is 6.13. The lowest BCUT2D eigenvalue weighted by atomic mass is 10.2. The van der Waals surface area contributed by atoms with Crippen LogP contribution >= 0.6 is 11.8 Å². The number of thioether (sulfide) groups is 1. The number of isocyanates is 1. The maximum atomic E-state index is 10.7. The van der Waals surface area contributed by atoms with E-state index in [0.29, 0.717) is 6.42 Å². The van der Waals surface area contributed by atoms with Crippen molar-refractivity contribution in [3.63, 3.8) is 0 Å². The fourth-order valence-corrected chi connectivity index (χ4v) is 1.00. The Morgan fingerprint density at radius 3 is 2.54 bits per heavy atom. The zero-order valence-corrected chi connectivity index (χ0v) is 8.52. The highest BCUT2D eigenvalue weighted by Crippen LogP contribution is 1.99. The number of nitrogens with one attached hydrogen (secondary N) is 1. The number of ether oxygens (including phenoxy) is 1. The van der Waals surface area contributed by atoms with Gasteiger partial charge < -0.3 is 10.5 Å². The number of hydrogen-bond acceptors (Lipinski definition) is 6. The van der Waals surface area contributed by atoms with Crippen LogP contribution in [-0.4, -0.2) is 37.2 Å². The standard InChI is InChI=1S/C6H13NO2S.CHNO/c1-9-6(8)5(7)3-4-10-2;2-1-3/h5H,3-4,7H2,1-2H3;2H/t5-;/m0./s1. The van der Waals surface area contributed by atoms with Crippen LogP contribution in [0.2, 0.25) is 0 Å². The molecule has 0 aliphatic carbocycles. The van der Waals surface area contributed by atoms with Crippen LogP contribution in [0.1, 0.15) is 6.42 Å². The fraction of sp³-hybridized carbons (Fsp3) is 0.714. The van der Waals surface area contributed by atoms with Crippen molar-refractivity contribution in [3.8, 4) is 0 Å². The van der Waals surface area contributed by atoms with E-state index < -0.39 is 6.04 Å². The molecule has 13 heavy (non-hydrogen) atoms. The monoisotopic (exact) mass is 206 g/mol. The molecule has 0 fully saturated rings. The average molecular weight is 206 g/mol. The van der Waals surface area contributed by atoms with E-state index in [1.807, 2.05) is 6.26 Å². The summed E-state index contributed by atoms with van der Waals surface area (Å²) in [5, 5.41) is 5.40.